The SMILES string of the molecule is COC1CCCC1NC(=O)C(C)S. The summed E-state index contributed by atoms with van der Waals surface area (Å²) < 4.78 is 5.26. The molecule has 0 aromatic carbocycles. The van der Waals surface area contributed by atoms with Gasteiger partial charge in [-0.15, -0.1) is 0 Å². The van der Waals surface area contributed by atoms with Gasteiger partial charge in [0.2, 0.25) is 5.91 Å². The van der Waals surface area contributed by atoms with Crippen LogP contribution in [0, 0.1) is 0 Å². The van der Waals surface area contributed by atoms with Crippen LogP contribution in [0.15, 0.2) is 0 Å². The largest absolute Gasteiger partial charge is 0.379 e. The van der Waals surface area contributed by atoms with Crippen LogP contribution in [0.1, 0.15) is 26.2 Å². The lowest BCUT2D eigenvalue weighted by molar-refractivity contribution is -0.121. The Hall–Kier alpha value is -0.220. The average molecular weight is 203 g/mol. The van der Waals surface area contributed by atoms with Crippen molar-refractivity contribution in [3.63, 3.8) is 0 Å². The first-order valence-corrected chi connectivity index (χ1v) is 5.18. The van der Waals surface area contributed by atoms with Gasteiger partial charge in [-0.1, -0.05) is 0 Å². The number of carbonyl (C=O) groups is 1. The summed E-state index contributed by atoms with van der Waals surface area (Å²) in [4.78, 5) is 11.3. The highest BCUT2D eigenvalue weighted by Gasteiger charge is 2.28. The molecule has 0 spiro atoms. The molecule has 1 fully saturated rings. The second kappa shape index (κ2) is 4.86. The fraction of sp³-hybridized carbons (Fsp3) is 0.889. The third-order valence-electron chi connectivity index (χ3n) is 2.46. The number of hydrogen-bond donors (Lipinski definition) is 2. The summed E-state index contributed by atoms with van der Waals surface area (Å²) in [5.41, 5.74) is 0. The monoisotopic (exact) mass is 203 g/mol. The Morgan fingerprint density at radius 1 is 1.62 bits per heavy atom. The zero-order valence-corrected chi connectivity index (χ0v) is 9.01. The van der Waals surface area contributed by atoms with E-state index < -0.39 is 0 Å². The van der Waals surface area contributed by atoms with E-state index in [0.717, 1.165) is 19.3 Å². The third-order valence-corrected chi connectivity index (χ3v) is 2.70. The van der Waals surface area contributed by atoms with Gasteiger partial charge in [-0.05, 0) is 26.2 Å². The predicted octanol–water partition coefficient (Wildman–Crippen LogP) is 0.988. The van der Waals surface area contributed by atoms with E-state index in [0.29, 0.717) is 0 Å². The predicted molar refractivity (Wildman–Crippen MR) is 55.0 cm³/mol. The molecule has 76 valence electrons. The second-order valence-corrected chi connectivity index (χ2v) is 4.27. The molecule has 4 heteroatoms. The van der Waals surface area contributed by atoms with E-state index in [1.807, 2.05) is 0 Å². The molecule has 0 saturated heterocycles. The number of ether oxygens (including phenoxy) is 1. The fourth-order valence-corrected chi connectivity index (χ4v) is 1.75. The number of methoxy groups -OCH3 is 1. The molecule has 3 nitrogen and oxygen atoms in total. The van der Waals surface area contributed by atoms with Gasteiger partial charge in [0, 0.05) is 7.11 Å². The molecule has 1 rings (SSSR count). The lowest BCUT2D eigenvalue weighted by Crippen LogP contribution is -2.43. The fourth-order valence-electron chi connectivity index (χ4n) is 1.68. The van der Waals surface area contributed by atoms with E-state index in [1.165, 1.54) is 0 Å². The lowest BCUT2D eigenvalue weighted by atomic mass is 10.2. The maximum atomic E-state index is 11.3. The topological polar surface area (TPSA) is 38.3 Å². The third kappa shape index (κ3) is 2.88. The van der Waals surface area contributed by atoms with E-state index in [9.17, 15) is 4.79 Å². The van der Waals surface area contributed by atoms with Crippen molar-refractivity contribution in [2.24, 2.45) is 0 Å². The summed E-state index contributed by atoms with van der Waals surface area (Å²) in [6.45, 7) is 1.77. The Bertz CT molecular complexity index is 184. The van der Waals surface area contributed by atoms with E-state index in [1.54, 1.807) is 14.0 Å². The summed E-state index contributed by atoms with van der Waals surface area (Å²) >= 11 is 4.07. The van der Waals surface area contributed by atoms with E-state index in [-0.39, 0.29) is 23.3 Å². The van der Waals surface area contributed by atoms with Crippen molar-refractivity contribution in [2.45, 2.75) is 43.6 Å². The summed E-state index contributed by atoms with van der Waals surface area (Å²) in [6.07, 6.45) is 3.38. The van der Waals surface area contributed by atoms with Crippen LogP contribution in [0.25, 0.3) is 0 Å². The van der Waals surface area contributed by atoms with Crippen LogP contribution in [-0.2, 0) is 9.53 Å². The number of hydrogen-bond acceptors (Lipinski definition) is 3. The normalized spacial score (nSPS) is 30.1. The molecule has 13 heavy (non-hydrogen) atoms. The van der Waals surface area contributed by atoms with Crippen molar-refractivity contribution < 1.29 is 9.53 Å². The molecule has 1 aliphatic rings. The molecular formula is C9H17NO2S. The quantitative estimate of drug-likeness (QED) is 0.671. The van der Waals surface area contributed by atoms with Gasteiger partial charge in [0.05, 0.1) is 17.4 Å². The maximum absolute atomic E-state index is 11.3. The van der Waals surface area contributed by atoms with Crippen LogP contribution in [0.2, 0.25) is 0 Å². The molecule has 1 N–H and O–H groups in total. The Kier molecular flexibility index (Phi) is 4.06. The average Bonchev–Trinajstić information content (AvgIpc) is 2.51. The molecular weight excluding hydrogens is 186 g/mol. The van der Waals surface area contributed by atoms with Gasteiger partial charge in [0.25, 0.3) is 0 Å². The van der Waals surface area contributed by atoms with Gasteiger partial charge in [-0.25, -0.2) is 0 Å². The van der Waals surface area contributed by atoms with E-state index in [2.05, 4.69) is 17.9 Å². The summed E-state index contributed by atoms with van der Waals surface area (Å²) in [7, 11) is 1.69. The number of amides is 1. The molecule has 0 radical (unpaired) electrons. The van der Waals surface area contributed by atoms with Crippen LogP contribution in [-0.4, -0.2) is 30.4 Å². The molecule has 1 aliphatic carbocycles. The first kappa shape index (κ1) is 10.9. The number of thiol groups is 1. The number of carbonyl (C=O) groups excluding carboxylic acids is 1. The molecule has 3 atom stereocenters. The van der Waals surface area contributed by atoms with Crippen molar-refractivity contribution in [1.29, 1.82) is 0 Å². The smallest absolute Gasteiger partial charge is 0.232 e. The molecule has 1 saturated carbocycles. The highest BCUT2D eigenvalue weighted by atomic mass is 32.1. The van der Waals surface area contributed by atoms with E-state index >= 15 is 0 Å². The first-order valence-electron chi connectivity index (χ1n) is 4.66. The van der Waals surface area contributed by atoms with Gasteiger partial charge >= 0.3 is 0 Å². The standard InChI is InChI=1S/C9H17NO2S/c1-6(13)9(11)10-7-4-3-5-8(7)12-2/h6-8,13H,3-5H2,1-2H3,(H,10,11). The van der Waals surface area contributed by atoms with Crippen molar-refractivity contribution in [3.8, 4) is 0 Å². The number of nitrogens with one attached hydrogen (secondary N) is 1. The minimum Gasteiger partial charge on any atom is -0.379 e. The lowest BCUT2D eigenvalue weighted by Gasteiger charge is -2.20. The Labute approximate surface area is 84.6 Å². The van der Waals surface area contributed by atoms with Crippen molar-refractivity contribution >= 4 is 18.5 Å². The van der Waals surface area contributed by atoms with Crippen molar-refractivity contribution in [2.75, 3.05) is 7.11 Å². The van der Waals surface area contributed by atoms with Crippen LogP contribution in [0.4, 0.5) is 0 Å². The summed E-state index contributed by atoms with van der Waals surface area (Å²) in [5, 5.41) is 2.70. The Morgan fingerprint density at radius 2 is 2.31 bits per heavy atom. The molecule has 0 heterocycles. The van der Waals surface area contributed by atoms with Crippen molar-refractivity contribution in [3.05, 3.63) is 0 Å². The molecule has 3 unspecified atom stereocenters. The zero-order chi connectivity index (χ0) is 9.84. The van der Waals surface area contributed by atoms with Crippen LogP contribution < -0.4 is 5.32 Å². The first-order chi connectivity index (χ1) is 6.15. The van der Waals surface area contributed by atoms with Gasteiger partial charge in [-0.2, -0.15) is 12.6 Å². The Morgan fingerprint density at radius 3 is 2.85 bits per heavy atom. The van der Waals surface area contributed by atoms with Crippen LogP contribution in [0.3, 0.4) is 0 Å². The van der Waals surface area contributed by atoms with E-state index in [4.69, 9.17) is 4.74 Å². The zero-order valence-electron chi connectivity index (χ0n) is 8.12. The maximum Gasteiger partial charge on any atom is 0.232 e. The second-order valence-electron chi connectivity index (χ2n) is 3.50. The molecule has 0 aromatic rings. The molecule has 0 aromatic heterocycles. The number of rotatable bonds is 3. The van der Waals surface area contributed by atoms with Crippen LogP contribution >= 0.6 is 12.6 Å². The van der Waals surface area contributed by atoms with Gasteiger partial charge in [-0.3, -0.25) is 4.79 Å². The Balaban J connectivity index is 2.39. The van der Waals surface area contributed by atoms with Gasteiger partial charge in [0.15, 0.2) is 0 Å². The highest BCUT2D eigenvalue weighted by Crippen LogP contribution is 2.21. The molecule has 0 bridgehead atoms. The minimum atomic E-state index is -0.238. The highest BCUT2D eigenvalue weighted by molar-refractivity contribution is 7.81. The minimum absolute atomic E-state index is 0.00252. The van der Waals surface area contributed by atoms with Gasteiger partial charge in [0.1, 0.15) is 0 Å². The summed E-state index contributed by atoms with van der Waals surface area (Å²) in [6, 6.07) is 0.187. The van der Waals surface area contributed by atoms with Crippen LogP contribution in [0.5, 0.6) is 0 Å². The molecule has 1 amide bonds. The molecule has 0 aliphatic heterocycles. The summed E-state index contributed by atoms with van der Waals surface area (Å²) in [5.74, 6) is -0.00252. The van der Waals surface area contributed by atoms with Gasteiger partial charge < -0.3 is 10.1 Å². The van der Waals surface area contributed by atoms with Crippen molar-refractivity contribution in [1.82, 2.24) is 5.32 Å².